The molecule has 0 bridgehead atoms. The van der Waals surface area contributed by atoms with Crippen LogP contribution in [0.1, 0.15) is 58.8 Å². The van der Waals surface area contributed by atoms with Gasteiger partial charge in [0.2, 0.25) is 5.91 Å². The van der Waals surface area contributed by atoms with Crippen LogP contribution in [-0.4, -0.2) is 30.6 Å². The van der Waals surface area contributed by atoms with Gasteiger partial charge in [-0.2, -0.15) is 0 Å². The van der Waals surface area contributed by atoms with Gasteiger partial charge in [-0.1, -0.05) is 26.2 Å². The van der Waals surface area contributed by atoms with E-state index in [0.717, 1.165) is 19.3 Å². The standard InChI is InChI=1S/C14H27N3O2/c1-3-11(2)16-13(18)9-10-15-14(19)17-12-7-5-4-6-8-12/h11-12H,3-10H2,1-2H3,(H,16,18)(H2,15,17,19). The topological polar surface area (TPSA) is 70.2 Å². The molecule has 5 heteroatoms. The molecule has 3 N–H and O–H groups in total. The maximum atomic E-state index is 11.6. The van der Waals surface area contributed by atoms with Crippen molar-refractivity contribution in [2.75, 3.05) is 6.54 Å². The lowest BCUT2D eigenvalue weighted by molar-refractivity contribution is -0.121. The Kier molecular flexibility index (Phi) is 7.30. The van der Waals surface area contributed by atoms with Crippen LogP contribution in [0.3, 0.4) is 0 Å². The number of nitrogens with one attached hydrogen (secondary N) is 3. The van der Waals surface area contributed by atoms with Crippen LogP contribution < -0.4 is 16.0 Å². The number of carbonyl (C=O) groups excluding carboxylic acids is 2. The van der Waals surface area contributed by atoms with E-state index in [9.17, 15) is 9.59 Å². The Morgan fingerprint density at radius 1 is 1.21 bits per heavy atom. The Morgan fingerprint density at radius 2 is 1.89 bits per heavy atom. The zero-order valence-electron chi connectivity index (χ0n) is 12.1. The van der Waals surface area contributed by atoms with E-state index in [2.05, 4.69) is 16.0 Å². The highest BCUT2D eigenvalue weighted by atomic mass is 16.2. The summed E-state index contributed by atoms with van der Waals surface area (Å²) in [4.78, 5) is 23.1. The van der Waals surface area contributed by atoms with Crippen molar-refractivity contribution in [3.05, 3.63) is 0 Å². The fourth-order valence-electron chi connectivity index (χ4n) is 2.22. The summed E-state index contributed by atoms with van der Waals surface area (Å²) in [7, 11) is 0. The highest BCUT2D eigenvalue weighted by Gasteiger charge is 2.15. The second kappa shape index (κ2) is 8.77. The number of urea groups is 1. The van der Waals surface area contributed by atoms with Crippen LogP contribution in [0.2, 0.25) is 0 Å². The molecule has 0 heterocycles. The Labute approximate surface area is 115 Å². The first-order valence-corrected chi connectivity index (χ1v) is 7.45. The zero-order chi connectivity index (χ0) is 14.1. The third-order valence-corrected chi connectivity index (χ3v) is 3.60. The predicted molar refractivity (Wildman–Crippen MR) is 75.9 cm³/mol. The van der Waals surface area contributed by atoms with Gasteiger partial charge in [-0.25, -0.2) is 4.79 Å². The summed E-state index contributed by atoms with van der Waals surface area (Å²) in [5.41, 5.74) is 0. The van der Waals surface area contributed by atoms with E-state index in [1.165, 1.54) is 19.3 Å². The Balaban J connectivity index is 2.07. The highest BCUT2D eigenvalue weighted by molar-refractivity contribution is 5.78. The van der Waals surface area contributed by atoms with Crippen molar-refractivity contribution in [3.63, 3.8) is 0 Å². The van der Waals surface area contributed by atoms with Crippen molar-refractivity contribution in [1.29, 1.82) is 0 Å². The van der Waals surface area contributed by atoms with E-state index in [-0.39, 0.29) is 18.0 Å². The van der Waals surface area contributed by atoms with Gasteiger partial charge in [-0.05, 0) is 26.2 Å². The third-order valence-electron chi connectivity index (χ3n) is 3.60. The van der Waals surface area contributed by atoms with Gasteiger partial charge in [-0.15, -0.1) is 0 Å². The first-order chi connectivity index (χ1) is 9.11. The van der Waals surface area contributed by atoms with E-state index in [1.807, 2.05) is 13.8 Å². The average molecular weight is 269 g/mol. The van der Waals surface area contributed by atoms with Crippen molar-refractivity contribution >= 4 is 11.9 Å². The maximum Gasteiger partial charge on any atom is 0.315 e. The van der Waals surface area contributed by atoms with Gasteiger partial charge in [0.05, 0.1) is 0 Å². The van der Waals surface area contributed by atoms with Crippen LogP contribution in [-0.2, 0) is 4.79 Å². The van der Waals surface area contributed by atoms with Gasteiger partial charge >= 0.3 is 6.03 Å². The normalized spacial score (nSPS) is 17.6. The molecule has 1 atom stereocenters. The third kappa shape index (κ3) is 7.03. The molecule has 5 nitrogen and oxygen atoms in total. The van der Waals surface area contributed by atoms with Crippen molar-refractivity contribution in [3.8, 4) is 0 Å². The molecule has 19 heavy (non-hydrogen) atoms. The van der Waals surface area contributed by atoms with E-state index in [0.29, 0.717) is 19.0 Å². The molecule has 0 aromatic carbocycles. The molecule has 3 amide bonds. The van der Waals surface area contributed by atoms with Gasteiger partial charge in [-0.3, -0.25) is 4.79 Å². The predicted octanol–water partition coefficient (Wildman–Crippen LogP) is 1.92. The number of carbonyl (C=O) groups is 2. The maximum absolute atomic E-state index is 11.6. The minimum atomic E-state index is -0.150. The number of amides is 3. The van der Waals surface area contributed by atoms with Crippen molar-refractivity contribution in [2.45, 2.75) is 70.9 Å². The largest absolute Gasteiger partial charge is 0.354 e. The molecule has 1 rings (SSSR count). The first kappa shape index (κ1) is 15.8. The molecule has 0 saturated heterocycles. The zero-order valence-corrected chi connectivity index (χ0v) is 12.1. The van der Waals surface area contributed by atoms with Crippen molar-refractivity contribution < 1.29 is 9.59 Å². The van der Waals surface area contributed by atoms with E-state index in [1.54, 1.807) is 0 Å². The van der Waals surface area contributed by atoms with Gasteiger partial charge in [0.15, 0.2) is 0 Å². The quantitative estimate of drug-likeness (QED) is 0.689. The first-order valence-electron chi connectivity index (χ1n) is 7.45. The Bertz CT molecular complexity index is 288. The molecule has 0 radical (unpaired) electrons. The fraction of sp³-hybridized carbons (Fsp3) is 0.857. The van der Waals surface area contributed by atoms with E-state index >= 15 is 0 Å². The second-order valence-electron chi connectivity index (χ2n) is 5.36. The Morgan fingerprint density at radius 3 is 2.53 bits per heavy atom. The number of hydrogen-bond donors (Lipinski definition) is 3. The molecule has 0 aromatic heterocycles. The molecule has 1 saturated carbocycles. The van der Waals surface area contributed by atoms with Crippen LogP contribution in [0.5, 0.6) is 0 Å². The lowest BCUT2D eigenvalue weighted by Crippen LogP contribution is -2.44. The fourth-order valence-corrected chi connectivity index (χ4v) is 2.22. The molecule has 0 aromatic rings. The van der Waals surface area contributed by atoms with Crippen LogP contribution >= 0.6 is 0 Å². The minimum Gasteiger partial charge on any atom is -0.354 e. The summed E-state index contributed by atoms with van der Waals surface area (Å²) in [6.07, 6.45) is 7.06. The molecule has 0 spiro atoms. The summed E-state index contributed by atoms with van der Waals surface area (Å²) < 4.78 is 0. The van der Waals surface area contributed by atoms with E-state index in [4.69, 9.17) is 0 Å². The molecular formula is C14H27N3O2. The smallest absolute Gasteiger partial charge is 0.315 e. The lowest BCUT2D eigenvalue weighted by Gasteiger charge is -2.22. The van der Waals surface area contributed by atoms with Crippen LogP contribution in [0.4, 0.5) is 4.79 Å². The number of hydrogen-bond acceptors (Lipinski definition) is 2. The average Bonchev–Trinajstić information content (AvgIpc) is 2.39. The second-order valence-corrected chi connectivity index (χ2v) is 5.36. The van der Waals surface area contributed by atoms with Crippen molar-refractivity contribution in [1.82, 2.24) is 16.0 Å². The Hall–Kier alpha value is -1.26. The van der Waals surface area contributed by atoms with E-state index < -0.39 is 0 Å². The summed E-state index contributed by atoms with van der Waals surface area (Å²) in [6.45, 7) is 4.39. The van der Waals surface area contributed by atoms with Crippen molar-refractivity contribution in [2.24, 2.45) is 0 Å². The minimum absolute atomic E-state index is 0.00711. The van der Waals surface area contributed by atoms with Gasteiger partial charge in [0.1, 0.15) is 0 Å². The molecule has 1 fully saturated rings. The number of rotatable bonds is 6. The summed E-state index contributed by atoms with van der Waals surface area (Å²) in [5, 5.41) is 8.58. The molecule has 1 aliphatic carbocycles. The van der Waals surface area contributed by atoms with Crippen LogP contribution in [0, 0.1) is 0 Å². The highest BCUT2D eigenvalue weighted by Crippen LogP contribution is 2.16. The molecule has 110 valence electrons. The van der Waals surface area contributed by atoms with Gasteiger partial charge in [0, 0.05) is 25.0 Å². The lowest BCUT2D eigenvalue weighted by atomic mass is 9.96. The van der Waals surface area contributed by atoms with Crippen LogP contribution in [0.25, 0.3) is 0 Å². The summed E-state index contributed by atoms with van der Waals surface area (Å²) in [6, 6.07) is 0.356. The molecule has 1 aliphatic rings. The molecular weight excluding hydrogens is 242 g/mol. The molecule has 1 unspecified atom stereocenters. The van der Waals surface area contributed by atoms with Crippen LogP contribution in [0.15, 0.2) is 0 Å². The van der Waals surface area contributed by atoms with Gasteiger partial charge < -0.3 is 16.0 Å². The summed E-state index contributed by atoms with van der Waals surface area (Å²) >= 11 is 0. The SMILES string of the molecule is CCC(C)NC(=O)CCNC(=O)NC1CCCCC1. The van der Waals surface area contributed by atoms with Gasteiger partial charge in [0.25, 0.3) is 0 Å². The molecule has 0 aliphatic heterocycles. The summed E-state index contributed by atoms with van der Waals surface area (Å²) in [5.74, 6) is -0.00711. The monoisotopic (exact) mass is 269 g/mol.